The third-order valence-electron chi connectivity index (χ3n) is 5.24. The first kappa shape index (κ1) is 21.6. The third kappa shape index (κ3) is 4.35. The molecule has 172 valence electrons. The first-order chi connectivity index (χ1) is 16.8. The number of aromatic amines is 2. The van der Waals surface area contributed by atoms with E-state index in [1.165, 1.54) is 16.9 Å². The number of nitrogens with zero attached hydrogens (tertiary/aromatic N) is 8. The molecule has 0 aliphatic carbocycles. The summed E-state index contributed by atoms with van der Waals surface area (Å²) in [7, 11) is 1.59. The van der Waals surface area contributed by atoms with Crippen LogP contribution in [-0.2, 0) is 6.54 Å². The maximum Gasteiger partial charge on any atom is 0.237 e. The number of H-pyrrole nitrogens is 2. The van der Waals surface area contributed by atoms with Gasteiger partial charge in [-0.2, -0.15) is 15.4 Å². The average Bonchev–Trinajstić information content (AvgIpc) is 3.66. The molecule has 34 heavy (non-hydrogen) atoms. The highest BCUT2D eigenvalue weighted by Crippen LogP contribution is 2.38. The Balaban J connectivity index is 1.40. The zero-order chi connectivity index (χ0) is 23.3. The van der Waals surface area contributed by atoms with Crippen LogP contribution in [0.5, 0.6) is 5.88 Å². The molecule has 5 aromatic rings. The van der Waals surface area contributed by atoms with Crippen LogP contribution in [0, 0.1) is 0 Å². The Morgan fingerprint density at radius 1 is 0.912 bits per heavy atom. The van der Waals surface area contributed by atoms with Crippen molar-refractivity contribution in [3.05, 3.63) is 54.1 Å². The van der Waals surface area contributed by atoms with Crippen LogP contribution in [0.25, 0.3) is 33.2 Å². The van der Waals surface area contributed by atoms with Gasteiger partial charge in [-0.1, -0.05) is 66.8 Å². The fraction of sp³-hybridized carbons (Fsp3) is 0.227. The lowest BCUT2D eigenvalue weighted by atomic mass is 9.98. The van der Waals surface area contributed by atoms with E-state index in [9.17, 15) is 0 Å². The number of ether oxygens (including phenoxy) is 1. The molecular formula is C22H22N10OS. The van der Waals surface area contributed by atoms with Crippen LogP contribution in [0.1, 0.15) is 18.9 Å². The van der Waals surface area contributed by atoms with Crippen LogP contribution >= 0.6 is 11.3 Å². The van der Waals surface area contributed by atoms with E-state index in [0.717, 1.165) is 39.7 Å². The second-order valence-corrected chi connectivity index (χ2v) is 8.45. The molecule has 3 aromatic heterocycles. The summed E-state index contributed by atoms with van der Waals surface area (Å²) in [5, 5.41) is 29.6. The van der Waals surface area contributed by atoms with Gasteiger partial charge in [0, 0.05) is 18.7 Å². The van der Waals surface area contributed by atoms with Gasteiger partial charge >= 0.3 is 0 Å². The van der Waals surface area contributed by atoms with Crippen molar-refractivity contribution in [1.29, 1.82) is 0 Å². The Morgan fingerprint density at radius 2 is 1.62 bits per heavy atom. The van der Waals surface area contributed by atoms with Gasteiger partial charge in [0.25, 0.3) is 0 Å². The topological polar surface area (TPSA) is 134 Å². The van der Waals surface area contributed by atoms with Crippen LogP contribution in [0.3, 0.4) is 0 Å². The smallest absolute Gasteiger partial charge is 0.237 e. The van der Waals surface area contributed by atoms with Gasteiger partial charge in [-0.05, 0) is 33.5 Å². The first-order valence-electron chi connectivity index (χ1n) is 10.7. The molecule has 5 rings (SSSR count). The highest BCUT2D eigenvalue weighted by Gasteiger charge is 2.21. The molecule has 0 aliphatic rings. The average molecular weight is 475 g/mol. The number of anilines is 1. The van der Waals surface area contributed by atoms with E-state index in [2.05, 4.69) is 88.4 Å². The predicted molar refractivity (Wildman–Crippen MR) is 128 cm³/mol. The molecule has 0 fully saturated rings. The minimum absolute atomic E-state index is 0.474. The van der Waals surface area contributed by atoms with Crippen molar-refractivity contribution < 1.29 is 4.74 Å². The number of rotatable bonds is 9. The highest BCUT2D eigenvalue weighted by molar-refractivity contribution is 7.19. The Hall–Kier alpha value is -4.19. The summed E-state index contributed by atoms with van der Waals surface area (Å²) in [6, 6.07) is 16.5. The number of methoxy groups -OCH3 is 1. The fourth-order valence-electron chi connectivity index (χ4n) is 3.70. The van der Waals surface area contributed by atoms with E-state index in [1.807, 2.05) is 18.2 Å². The Bertz CT molecular complexity index is 1330. The third-order valence-corrected chi connectivity index (χ3v) is 6.34. The molecule has 0 saturated carbocycles. The SMILES string of the molecule is CCCN(Cc1ccc(-c2ccccc2-c2nn[nH]n2)cc1)c1nc(OC)c(-c2nn[nH]n2)s1. The van der Waals surface area contributed by atoms with Crippen LogP contribution in [0.4, 0.5) is 5.13 Å². The molecule has 2 N–H and O–H groups in total. The van der Waals surface area contributed by atoms with Gasteiger partial charge in [-0.25, -0.2) is 0 Å². The maximum atomic E-state index is 5.47. The largest absolute Gasteiger partial charge is 0.480 e. The monoisotopic (exact) mass is 474 g/mol. The molecule has 12 heteroatoms. The molecule has 3 heterocycles. The van der Waals surface area contributed by atoms with Gasteiger partial charge in [-0.3, -0.25) is 0 Å². The van der Waals surface area contributed by atoms with Crippen molar-refractivity contribution in [2.45, 2.75) is 19.9 Å². The number of benzene rings is 2. The normalized spacial score (nSPS) is 11.0. The van der Waals surface area contributed by atoms with Crippen LogP contribution in [0.2, 0.25) is 0 Å². The van der Waals surface area contributed by atoms with Crippen molar-refractivity contribution in [3.63, 3.8) is 0 Å². The second-order valence-electron chi connectivity index (χ2n) is 7.47. The summed E-state index contributed by atoms with van der Waals surface area (Å²) >= 11 is 1.49. The van der Waals surface area contributed by atoms with Gasteiger partial charge in [-0.15, -0.1) is 20.4 Å². The van der Waals surface area contributed by atoms with Gasteiger partial charge in [0.05, 0.1) is 7.11 Å². The summed E-state index contributed by atoms with van der Waals surface area (Å²) in [4.78, 5) is 7.67. The lowest BCUT2D eigenvalue weighted by molar-refractivity contribution is 0.402. The summed E-state index contributed by atoms with van der Waals surface area (Å²) in [6.45, 7) is 3.71. The number of hydrogen-bond acceptors (Lipinski definition) is 10. The Kier molecular flexibility index (Phi) is 6.21. The van der Waals surface area contributed by atoms with E-state index in [4.69, 9.17) is 4.74 Å². The lowest BCUT2D eigenvalue weighted by Crippen LogP contribution is -2.23. The lowest BCUT2D eigenvalue weighted by Gasteiger charge is -2.21. The van der Waals surface area contributed by atoms with Gasteiger partial charge in [0.2, 0.25) is 17.5 Å². The van der Waals surface area contributed by atoms with E-state index in [1.54, 1.807) is 7.11 Å². The summed E-state index contributed by atoms with van der Waals surface area (Å²) < 4.78 is 5.47. The highest BCUT2D eigenvalue weighted by atomic mass is 32.1. The standard InChI is InChI=1S/C22H22N10OS/c1-3-12-32(22-23-21(33-2)18(34-22)20-26-30-31-27-20)13-14-8-10-15(11-9-14)16-6-4-5-7-17(16)19-24-28-29-25-19/h4-11H,3,12-13H2,1-2H3,(H,24,25,28,29)(H,26,27,30,31). The summed E-state index contributed by atoms with van der Waals surface area (Å²) in [6.07, 6.45) is 0.982. The minimum Gasteiger partial charge on any atom is -0.480 e. The van der Waals surface area contributed by atoms with Crippen molar-refractivity contribution >= 4 is 16.5 Å². The van der Waals surface area contributed by atoms with Crippen molar-refractivity contribution in [2.24, 2.45) is 0 Å². The number of aromatic nitrogens is 9. The molecule has 11 nitrogen and oxygen atoms in total. The van der Waals surface area contributed by atoms with Crippen molar-refractivity contribution in [3.8, 4) is 39.1 Å². The molecule has 0 saturated heterocycles. The van der Waals surface area contributed by atoms with E-state index in [0.29, 0.717) is 24.1 Å². The predicted octanol–water partition coefficient (Wildman–Crippen LogP) is 3.60. The van der Waals surface area contributed by atoms with Gasteiger partial charge in [0.15, 0.2) is 5.13 Å². The molecule has 0 bridgehead atoms. The van der Waals surface area contributed by atoms with E-state index < -0.39 is 0 Å². The zero-order valence-electron chi connectivity index (χ0n) is 18.6. The maximum absolute atomic E-state index is 5.47. The Labute approximate surface area is 199 Å². The first-order valence-corrected chi connectivity index (χ1v) is 11.5. The molecule has 0 unspecified atom stereocenters. The number of tetrazole rings is 2. The van der Waals surface area contributed by atoms with Crippen LogP contribution in [0.15, 0.2) is 48.5 Å². The number of nitrogens with one attached hydrogen (secondary N) is 2. The summed E-state index contributed by atoms with van der Waals surface area (Å²) in [5.41, 5.74) is 4.24. The van der Waals surface area contributed by atoms with E-state index in [-0.39, 0.29) is 0 Å². The zero-order valence-corrected chi connectivity index (χ0v) is 19.5. The molecule has 2 aromatic carbocycles. The van der Waals surface area contributed by atoms with E-state index >= 15 is 0 Å². The summed E-state index contributed by atoms with van der Waals surface area (Å²) in [5.74, 6) is 1.54. The van der Waals surface area contributed by atoms with Crippen molar-refractivity contribution in [1.82, 2.24) is 46.2 Å². The molecule has 0 aliphatic heterocycles. The quantitative estimate of drug-likeness (QED) is 0.328. The minimum atomic E-state index is 0.474. The molecule has 0 spiro atoms. The molecular weight excluding hydrogens is 452 g/mol. The van der Waals surface area contributed by atoms with Crippen molar-refractivity contribution in [2.75, 3.05) is 18.6 Å². The Morgan fingerprint density at radius 3 is 2.26 bits per heavy atom. The van der Waals surface area contributed by atoms with Gasteiger partial charge < -0.3 is 9.64 Å². The number of thiazole rings is 1. The second kappa shape index (κ2) is 9.75. The molecule has 0 atom stereocenters. The fourth-order valence-corrected chi connectivity index (χ4v) is 4.69. The van der Waals surface area contributed by atoms with Gasteiger partial charge in [0.1, 0.15) is 4.88 Å². The molecule has 0 amide bonds. The van der Waals surface area contributed by atoms with Crippen LogP contribution < -0.4 is 9.64 Å². The molecule has 0 radical (unpaired) electrons. The van der Waals surface area contributed by atoms with Crippen LogP contribution in [-0.4, -0.2) is 59.9 Å². The number of hydrogen-bond donors (Lipinski definition) is 2.